The van der Waals surface area contributed by atoms with Crippen molar-refractivity contribution in [1.82, 2.24) is 4.98 Å². The molecule has 0 aliphatic carbocycles. The van der Waals surface area contributed by atoms with Gasteiger partial charge in [-0.15, -0.1) is 0 Å². The Morgan fingerprint density at radius 1 is 1.14 bits per heavy atom. The summed E-state index contributed by atoms with van der Waals surface area (Å²) in [5, 5.41) is 3.69. The first-order valence-electron chi connectivity index (χ1n) is 6.66. The predicted octanol–water partition coefficient (Wildman–Crippen LogP) is 3.38. The van der Waals surface area contributed by atoms with Gasteiger partial charge in [0.2, 0.25) is 0 Å². The first-order chi connectivity index (χ1) is 10.1. The molecule has 0 atom stereocenters. The average Bonchev–Trinajstić information content (AvgIpc) is 2.50. The molecule has 4 nitrogen and oxygen atoms in total. The molecule has 0 unspecified atom stereocenters. The number of nitrogens with two attached hydrogens (primary N) is 1. The van der Waals surface area contributed by atoms with E-state index in [2.05, 4.69) is 10.3 Å². The summed E-state index contributed by atoms with van der Waals surface area (Å²) in [4.78, 5) is 16.8. The number of hydrogen-bond acceptors (Lipinski definition) is 3. The highest BCUT2D eigenvalue weighted by molar-refractivity contribution is 6.13. The number of anilines is 2. The molecule has 104 valence electrons. The number of rotatable bonds is 2. The molecule has 0 bridgehead atoms. The van der Waals surface area contributed by atoms with Crippen molar-refractivity contribution in [1.29, 1.82) is 0 Å². The van der Waals surface area contributed by atoms with E-state index in [0.29, 0.717) is 16.9 Å². The fourth-order valence-electron chi connectivity index (χ4n) is 2.27. The molecule has 1 heterocycles. The van der Waals surface area contributed by atoms with Crippen LogP contribution in [0.2, 0.25) is 0 Å². The summed E-state index contributed by atoms with van der Waals surface area (Å²) in [6, 6.07) is 14.7. The maximum absolute atomic E-state index is 12.5. The minimum atomic E-state index is -0.189. The number of amides is 1. The van der Waals surface area contributed by atoms with Gasteiger partial charge < -0.3 is 11.1 Å². The Kier molecular flexibility index (Phi) is 3.28. The molecule has 2 aromatic carbocycles. The van der Waals surface area contributed by atoms with Crippen LogP contribution in [0, 0.1) is 6.92 Å². The Morgan fingerprint density at radius 2 is 2.00 bits per heavy atom. The lowest BCUT2D eigenvalue weighted by Gasteiger charge is -2.10. The molecule has 3 N–H and O–H groups in total. The van der Waals surface area contributed by atoms with Gasteiger partial charge in [-0.2, -0.15) is 0 Å². The molecular weight excluding hydrogens is 262 g/mol. The number of nitrogens with zero attached hydrogens (tertiary/aromatic N) is 1. The van der Waals surface area contributed by atoms with Crippen LogP contribution in [0.4, 0.5) is 11.4 Å². The second-order valence-corrected chi connectivity index (χ2v) is 4.92. The fourth-order valence-corrected chi connectivity index (χ4v) is 2.27. The first kappa shape index (κ1) is 13.1. The highest BCUT2D eigenvalue weighted by Gasteiger charge is 2.11. The van der Waals surface area contributed by atoms with Crippen molar-refractivity contribution in [3.63, 3.8) is 0 Å². The van der Waals surface area contributed by atoms with Crippen molar-refractivity contribution in [2.45, 2.75) is 6.92 Å². The zero-order valence-corrected chi connectivity index (χ0v) is 11.6. The molecule has 0 fully saturated rings. The van der Waals surface area contributed by atoms with E-state index >= 15 is 0 Å². The lowest BCUT2D eigenvalue weighted by molar-refractivity contribution is 0.102. The molecule has 0 spiro atoms. The van der Waals surface area contributed by atoms with E-state index in [9.17, 15) is 4.79 Å². The minimum absolute atomic E-state index is 0.189. The molecule has 3 aromatic rings. The lowest BCUT2D eigenvalue weighted by atomic mass is 10.1. The van der Waals surface area contributed by atoms with Gasteiger partial charge in [0.25, 0.3) is 5.91 Å². The number of benzene rings is 2. The summed E-state index contributed by atoms with van der Waals surface area (Å²) in [5.41, 5.74) is 9.50. The van der Waals surface area contributed by atoms with Crippen molar-refractivity contribution in [2.75, 3.05) is 11.1 Å². The molecule has 1 aromatic heterocycles. The number of hydrogen-bond donors (Lipinski definition) is 2. The number of carbonyl (C=O) groups is 1. The monoisotopic (exact) mass is 277 g/mol. The number of aryl methyl sites for hydroxylation is 1. The molecule has 4 heteroatoms. The highest BCUT2D eigenvalue weighted by atomic mass is 16.1. The normalized spacial score (nSPS) is 10.5. The maximum Gasteiger partial charge on any atom is 0.256 e. The molecular formula is C17H15N3O. The van der Waals surface area contributed by atoms with E-state index in [1.54, 1.807) is 18.3 Å². The molecule has 0 radical (unpaired) electrons. The highest BCUT2D eigenvalue weighted by Crippen LogP contribution is 2.22. The summed E-state index contributed by atoms with van der Waals surface area (Å²) in [6.45, 7) is 1.96. The van der Waals surface area contributed by atoms with Crippen molar-refractivity contribution < 1.29 is 4.79 Å². The molecule has 21 heavy (non-hydrogen) atoms. The van der Waals surface area contributed by atoms with Crippen molar-refractivity contribution >= 4 is 28.2 Å². The second-order valence-electron chi connectivity index (χ2n) is 4.92. The summed E-state index contributed by atoms with van der Waals surface area (Å²) in [5.74, 6) is -0.189. The van der Waals surface area contributed by atoms with E-state index in [4.69, 9.17) is 5.73 Å². The number of fused-ring (bicyclic) bond motifs is 1. The number of nitrogen functional groups attached to an aromatic ring is 1. The minimum Gasteiger partial charge on any atom is -0.397 e. The molecule has 0 saturated carbocycles. The van der Waals surface area contributed by atoms with Crippen molar-refractivity contribution in [3.8, 4) is 0 Å². The van der Waals surface area contributed by atoms with E-state index < -0.39 is 0 Å². The van der Waals surface area contributed by atoms with Crippen LogP contribution >= 0.6 is 0 Å². The fraction of sp³-hybridized carbons (Fsp3) is 0.0588. The third-order valence-electron chi connectivity index (χ3n) is 3.35. The average molecular weight is 277 g/mol. The van der Waals surface area contributed by atoms with Crippen LogP contribution in [-0.2, 0) is 0 Å². The number of aromatic nitrogens is 1. The number of pyridine rings is 1. The van der Waals surface area contributed by atoms with Crippen LogP contribution in [0.25, 0.3) is 10.9 Å². The second kappa shape index (κ2) is 5.25. The van der Waals surface area contributed by atoms with E-state index in [-0.39, 0.29) is 5.91 Å². The summed E-state index contributed by atoms with van der Waals surface area (Å²) in [7, 11) is 0. The van der Waals surface area contributed by atoms with Gasteiger partial charge in [-0.1, -0.05) is 18.2 Å². The van der Waals surface area contributed by atoms with Crippen LogP contribution in [0.15, 0.2) is 54.7 Å². The third-order valence-corrected chi connectivity index (χ3v) is 3.35. The van der Waals surface area contributed by atoms with Gasteiger partial charge in [0.1, 0.15) is 0 Å². The Hall–Kier alpha value is -2.88. The smallest absolute Gasteiger partial charge is 0.256 e. The van der Waals surface area contributed by atoms with Gasteiger partial charge in [-0.3, -0.25) is 9.78 Å². The summed E-state index contributed by atoms with van der Waals surface area (Å²) < 4.78 is 0. The molecule has 0 saturated heterocycles. The van der Waals surface area contributed by atoms with Gasteiger partial charge >= 0.3 is 0 Å². The van der Waals surface area contributed by atoms with Crippen LogP contribution in [0.1, 0.15) is 15.9 Å². The Morgan fingerprint density at radius 3 is 2.86 bits per heavy atom. The molecule has 3 rings (SSSR count). The van der Waals surface area contributed by atoms with Crippen molar-refractivity contribution in [2.24, 2.45) is 0 Å². The quantitative estimate of drug-likeness (QED) is 0.706. The van der Waals surface area contributed by atoms with Crippen LogP contribution in [0.5, 0.6) is 0 Å². The Labute approximate surface area is 122 Å². The number of carbonyl (C=O) groups excluding carboxylic acids is 1. The summed E-state index contributed by atoms with van der Waals surface area (Å²) >= 11 is 0. The van der Waals surface area contributed by atoms with E-state index in [1.165, 1.54) is 0 Å². The van der Waals surface area contributed by atoms with Gasteiger partial charge in [0.05, 0.1) is 16.9 Å². The zero-order valence-electron chi connectivity index (χ0n) is 11.6. The third kappa shape index (κ3) is 2.56. The van der Waals surface area contributed by atoms with Crippen LogP contribution in [-0.4, -0.2) is 10.9 Å². The topological polar surface area (TPSA) is 68.0 Å². The Bertz CT molecular complexity index is 822. The van der Waals surface area contributed by atoms with E-state index in [0.717, 1.165) is 16.5 Å². The van der Waals surface area contributed by atoms with Crippen LogP contribution < -0.4 is 11.1 Å². The van der Waals surface area contributed by atoms with E-state index in [1.807, 2.05) is 43.3 Å². The number of nitrogens with one attached hydrogen (secondary N) is 1. The van der Waals surface area contributed by atoms with Crippen LogP contribution in [0.3, 0.4) is 0 Å². The lowest BCUT2D eigenvalue weighted by Crippen LogP contribution is -2.13. The van der Waals surface area contributed by atoms with Gasteiger partial charge in [0, 0.05) is 17.1 Å². The van der Waals surface area contributed by atoms with Gasteiger partial charge in [-0.05, 0) is 42.8 Å². The first-order valence-corrected chi connectivity index (χ1v) is 6.66. The largest absolute Gasteiger partial charge is 0.397 e. The maximum atomic E-state index is 12.5. The zero-order chi connectivity index (χ0) is 14.8. The molecule has 1 amide bonds. The van der Waals surface area contributed by atoms with Gasteiger partial charge in [-0.25, -0.2) is 0 Å². The SMILES string of the molecule is Cc1ccc(N)c(NC(=O)c2cccc3ncccc23)c1. The molecule has 0 aliphatic heterocycles. The summed E-state index contributed by atoms with van der Waals surface area (Å²) in [6.07, 6.45) is 1.71. The Balaban J connectivity index is 1.99. The standard InChI is InChI=1S/C17H15N3O/c1-11-7-8-14(18)16(10-11)20-17(21)13-4-2-6-15-12(13)5-3-9-19-15/h2-10H,18H2,1H3,(H,20,21). The van der Waals surface area contributed by atoms with Gasteiger partial charge in [0.15, 0.2) is 0 Å². The van der Waals surface area contributed by atoms with Crippen molar-refractivity contribution in [3.05, 3.63) is 65.9 Å². The predicted molar refractivity (Wildman–Crippen MR) is 85.3 cm³/mol. The molecule has 0 aliphatic rings.